The number of aromatic nitrogens is 4. The van der Waals surface area contributed by atoms with E-state index >= 15 is 0 Å². The van der Waals surface area contributed by atoms with E-state index in [0.29, 0.717) is 17.5 Å². The van der Waals surface area contributed by atoms with Crippen molar-refractivity contribution in [2.24, 2.45) is 0 Å². The van der Waals surface area contributed by atoms with Gasteiger partial charge in [0.1, 0.15) is 0 Å². The van der Waals surface area contributed by atoms with E-state index in [0.717, 1.165) is 38.9 Å². The highest BCUT2D eigenvalue weighted by molar-refractivity contribution is 6.01. The van der Waals surface area contributed by atoms with E-state index < -0.39 is 0 Å². The fourth-order valence-electron chi connectivity index (χ4n) is 8.27. The number of pyridine rings is 1. The number of rotatable bonds is 6. The molecule has 55 heavy (non-hydrogen) atoms. The topological polar surface area (TPSA) is 51.6 Å². The summed E-state index contributed by atoms with van der Waals surface area (Å²) in [5.41, 5.74) is 15.1. The maximum Gasteiger partial charge on any atom is 0.164 e. The molecule has 1 aliphatic carbocycles. The number of nitrogens with zero attached hydrogens (tertiary/aromatic N) is 4. The molecule has 10 rings (SSSR count). The third kappa shape index (κ3) is 5.71. The number of benzene rings is 7. The molecule has 4 nitrogen and oxygen atoms in total. The highest BCUT2D eigenvalue weighted by Crippen LogP contribution is 2.54. The lowest BCUT2D eigenvalue weighted by Gasteiger charge is -2.23. The monoisotopic (exact) mass is 704 g/mol. The molecule has 7 aromatic carbocycles. The molecule has 0 radical (unpaired) electrons. The summed E-state index contributed by atoms with van der Waals surface area (Å²) in [6, 6.07) is 60.1. The lowest BCUT2D eigenvalue weighted by atomic mass is 9.80. The molecule has 0 saturated carbocycles. The van der Waals surface area contributed by atoms with Gasteiger partial charge in [0, 0.05) is 34.5 Å². The number of hydrogen-bond acceptors (Lipinski definition) is 4. The van der Waals surface area contributed by atoms with Crippen LogP contribution in [-0.4, -0.2) is 19.9 Å². The van der Waals surface area contributed by atoms with Gasteiger partial charge in [0.25, 0.3) is 0 Å². The predicted molar refractivity (Wildman–Crippen MR) is 225 cm³/mol. The van der Waals surface area contributed by atoms with E-state index in [1.807, 2.05) is 42.6 Å². The summed E-state index contributed by atoms with van der Waals surface area (Å²) in [5.74, 6) is 1.91. The lowest BCUT2D eigenvalue weighted by Crippen LogP contribution is -2.15. The first-order valence-corrected chi connectivity index (χ1v) is 18.7. The minimum absolute atomic E-state index is 0.104. The van der Waals surface area contributed by atoms with Crippen LogP contribution in [0.1, 0.15) is 25.0 Å². The molecule has 9 aromatic rings. The second kappa shape index (κ2) is 13.1. The van der Waals surface area contributed by atoms with Crippen molar-refractivity contribution in [2.75, 3.05) is 0 Å². The Morgan fingerprint density at radius 1 is 0.400 bits per heavy atom. The van der Waals surface area contributed by atoms with Gasteiger partial charge in [0.15, 0.2) is 17.5 Å². The Labute approximate surface area is 320 Å². The normalized spacial score (nSPS) is 12.7. The van der Waals surface area contributed by atoms with Crippen molar-refractivity contribution in [3.8, 4) is 78.7 Å². The van der Waals surface area contributed by atoms with Crippen LogP contribution in [0.5, 0.6) is 0 Å². The van der Waals surface area contributed by atoms with Gasteiger partial charge in [-0.05, 0) is 78.5 Å². The maximum absolute atomic E-state index is 5.01. The summed E-state index contributed by atoms with van der Waals surface area (Å²) in [5, 5.41) is 2.62. The van der Waals surface area contributed by atoms with Crippen LogP contribution in [0.2, 0.25) is 0 Å². The summed E-state index contributed by atoms with van der Waals surface area (Å²) in [6.45, 7) is 4.73. The largest absolute Gasteiger partial charge is 0.264 e. The van der Waals surface area contributed by atoms with Crippen molar-refractivity contribution in [1.29, 1.82) is 0 Å². The Balaban J connectivity index is 1.01. The van der Waals surface area contributed by atoms with Gasteiger partial charge in [-0.15, -0.1) is 0 Å². The van der Waals surface area contributed by atoms with Crippen molar-refractivity contribution < 1.29 is 0 Å². The van der Waals surface area contributed by atoms with Crippen LogP contribution in [0.25, 0.3) is 89.4 Å². The van der Waals surface area contributed by atoms with E-state index in [9.17, 15) is 0 Å². The Hall–Kier alpha value is -7.04. The van der Waals surface area contributed by atoms with Crippen molar-refractivity contribution in [3.63, 3.8) is 0 Å². The molecule has 0 saturated heterocycles. The second-order valence-corrected chi connectivity index (χ2v) is 14.7. The van der Waals surface area contributed by atoms with Crippen LogP contribution in [-0.2, 0) is 5.41 Å². The van der Waals surface area contributed by atoms with Crippen LogP contribution in [0, 0.1) is 0 Å². The molecule has 0 N–H and O–H groups in total. The maximum atomic E-state index is 5.01. The van der Waals surface area contributed by atoms with Crippen molar-refractivity contribution in [3.05, 3.63) is 193 Å². The van der Waals surface area contributed by atoms with E-state index in [2.05, 4.69) is 152 Å². The molecule has 0 unspecified atom stereocenters. The smallest absolute Gasteiger partial charge is 0.164 e. The molecule has 0 atom stereocenters. The first-order valence-electron chi connectivity index (χ1n) is 18.7. The van der Waals surface area contributed by atoms with Crippen LogP contribution >= 0.6 is 0 Å². The van der Waals surface area contributed by atoms with E-state index in [1.165, 1.54) is 44.2 Å². The predicted octanol–water partition coefficient (Wildman–Crippen LogP) is 12.7. The molecule has 260 valence electrons. The average Bonchev–Trinajstić information content (AvgIpc) is 3.50. The zero-order chi connectivity index (χ0) is 36.9. The Morgan fingerprint density at radius 2 is 0.964 bits per heavy atom. The van der Waals surface area contributed by atoms with Gasteiger partial charge < -0.3 is 0 Å². The van der Waals surface area contributed by atoms with Crippen LogP contribution in [0.15, 0.2) is 182 Å². The molecule has 2 aromatic heterocycles. The SMILES string of the molecule is CC1(C)c2cccc(-c3cccc(-c4ccc(-c5nc(-c6ccccc6)nc(-c6ccc(-c7cccnc7)cc6)n5)cc4)c3)c2-c2ccc3ccccc3c21. The number of fused-ring (bicyclic) bond motifs is 5. The second-order valence-electron chi connectivity index (χ2n) is 14.7. The fraction of sp³-hybridized carbons (Fsp3) is 0.0588. The summed E-state index contributed by atoms with van der Waals surface area (Å²) < 4.78 is 0. The van der Waals surface area contributed by atoms with Crippen LogP contribution < -0.4 is 0 Å². The van der Waals surface area contributed by atoms with Gasteiger partial charge in [0.2, 0.25) is 0 Å². The highest BCUT2D eigenvalue weighted by atomic mass is 15.0. The van der Waals surface area contributed by atoms with Crippen LogP contribution in [0.3, 0.4) is 0 Å². The van der Waals surface area contributed by atoms with Gasteiger partial charge in [-0.1, -0.05) is 172 Å². The van der Waals surface area contributed by atoms with Gasteiger partial charge in [-0.3, -0.25) is 4.98 Å². The van der Waals surface area contributed by atoms with E-state index in [4.69, 9.17) is 15.0 Å². The molecular weight excluding hydrogens is 669 g/mol. The first-order chi connectivity index (χ1) is 27.0. The molecule has 1 aliphatic rings. The highest BCUT2D eigenvalue weighted by Gasteiger charge is 2.38. The Morgan fingerprint density at radius 3 is 1.65 bits per heavy atom. The zero-order valence-corrected chi connectivity index (χ0v) is 30.6. The quantitative estimate of drug-likeness (QED) is 0.173. The summed E-state index contributed by atoms with van der Waals surface area (Å²) in [4.78, 5) is 19.2. The molecule has 0 aliphatic heterocycles. The van der Waals surface area contributed by atoms with E-state index in [1.54, 1.807) is 6.20 Å². The third-order valence-corrected chi connectivity index (χ3v) is 11.0. The summed E-state index contributed by atoms with van der Waals surface area (Å²) in [6.07, 6.45) is 3.66. The number of hydrogen-bond donors (Lipinski definition) is 0. The molecule has 0 bridgehead atoms. The molecule has 2 heterocycles. The van der Waals surface area contributed by atoms with Crippen LogP contribution in [0.4, 0.5) is 0 Å². The van der Waals surface area contributed by atoms with Gasteiger partial charge >= 0.3 is 0 Å². The lowest BCUT2D eigenvalue weighted by molar-refractivity contribution is 0.666. The summed E-state index contributed by atoms with van der Waals surface area (Å²) >= 11 is 0. The molecule has 0 fully saturated rings. The fourth-order valence-corrected chi connectivity index (χ4v) is 8.27. The van der Waals surface area contributed by atoms with Gasteiger partial charge in [-0.2, -0.15) is 0 Å². The minimum Gasteiger partial charge on any atom is -0.264 e. The minimum atomic E-state index is -0.104. The Bertz CT molecular complexity index is 2860. The standard InChI is InChI=1S/C51H36N4/c1-51(2)45-19-9-18-42(46(45)44-29-28-35-11-6-7-17-43(35)47(44)51)40-15-8-14-39(31-40)33-20-24-37(25-21-33)49-53-48(36-12-4-3-5-13-36)54-50(55-49)38-26-22-34(23-27-38)41-16-10-30-52-32-41/h3-32H,1-2H3. The Kier molecular flexibility index (Phi) is 7.77. The first kappa shape index (κ1) is 32.6. The van der Waals surface area contributed by atoms with Gasteiger partial charge in [0.05, 0.1) is 0 Å². The van der Waals surface area contributed by atoms with Crippen molar-refractivity contribution in [1.82, 2.24) is 19.9 Å². The molecular formula is C51H36N4. The zero-order valence-electron chi connectivity index (χ0n) is 30.6. The van der Waals surface area contributed by atoms with Crippen molar-refractivity contribution >= 4 is 10.8 Å². The van der Waals surface area contributed by atoms with Crippen molar-refractivity contribution in [2.45, 2.75) is 19.3 Å². The summed E-state index contributed by atoms with van der Waals surface area (Å²) in [7, 11) is 0. The molecule has 4 heteroatoms. The average molecular weight is 705 g/mol. The third-order valence-electron chi connectivity index (χ3n) is 11.0. The molecule has 0 spiro atoms. The molecule has 0 amide bonds. The van der Waals surface area contributed by atoms with E-state index in [-0.39, 0.29) is 5.41 Å². The van der Waals surface area contributed by atoms with Gasteiger partial charge in [-0.25, -0.2) is 15.0 Å².